The molecule has 2 N–H and O–H groups in total. The molecule has 0 radical (unpaired) electrons. The molecule has 0 saturated carbocycles. The van der Waals surface area contributed by atoms with Crippen molar-refractivity contribution in [2.75, 3.05) is 5.32 Å². The second-order valence-electron chi connectivity index (χ2n) is 3.99. The average Bonchev–Trinajstić information content (AvgIpc) is 3.05. The summed E-state index contributed by atoms with van der Waals surface area (Å²) in [6.07, 6.45) is 3.15. The average molecular weight is 296 g/mol. The van der Waals surface area contributed by atoms with Gasteiger partial charge in [0.15, 0.2) is 0 Å². The zero-order chi connectivity index (χ0) is 13.5. The molecule has 2 aromatic heterocycles. The third-order valence-electron chi connectivity index (χ3n) is 2.43. The minimum Gasteiger partial charge on any atom is -0.333 e. The number of hydrogen-bond acceptors (Lipinski definition) is 5. The zero-order valence-corrected chi connectivity index (χ0v) is 12.3. The number of carbonyl (C=O) groups is 1. The first kappa shape index (κ1) is 14.0. The largest absolute Gasteiger partial charge is 0.333 e. The van der Waals surface area contributed by atoms with Gasteiger partial charge in [-0.1, -0.05) is 30.7 Å². The van der Waals surface area contributed by atoms with Crippen LogP contribution in [-0.2, 0) is 13.0 Å². The summed E-state index contributed by atoms with van der Waals surface area (Å²) >= 11 is 3.05. The number of urea groups is 1. The highest BCUT2D eigenvalue weighted by atomic mass is 32.1. The van der Waals surface area contributed by atoms with Crippen LogP contribution in [0.3, 0.4) is 0 Å². The molecule has 0 bridgehead atoms. The van der Waals surface area contributed by atoms with Crippen LogP contribution in [0.4, 0.5) is 9.93 Å². The van der Waals surface area contributed by atoms with Crippen LogP contribution in [0.2, 0.25) is 0 Å². The SMILES string of the molecule is CCCCc1nnc(NC(=O)NCc2cccs2)s1. The number of amides is 2. The van der Waals surface area contributed by atoms with Crippen LogP contribution in [0.5, 0.6) is 0 Å². The number of hydrogen-bond donors (Lipinski definition) is 2. The molecule has 102 valence electrons. The molecule has 5 nitrogen and oxygen atoms in total. The molecule has 2 amide bonds. The topological polar surface area (TPSA) is 66.9 Å². The minimum absolute atomic E-state index is 0.244. The van der Waals surface area contributed by atoms with Gasteiger partial charge in [-0.05, 0) is 17.9 Å². The zero-order valence-electron chi connectivity index (χ0n) is 10.7. The molecule has 2 heterocycles. The van der Waals surface area contributed by atoms with Crippen LogP contribution in [-0.4, -0.2) is 16.2 Å². The fraction of sp³-hybridized carbons (Fsp3) is 0.417. The van der Waals surface area contributed by atoms with Crippen molar-refractivity contribution in [2.24, 2.45) is 0 Å². The standard InChI is InChI=1S/C12H16N4OS2/c1-2-3-6-10-15-16-12(19-10)14-11(17)13-8-9-5-4-7-18-9/h4-5,7H,2-3,6,8H2,1H3,(H2,13,14,16,17). The summed E-state index contributed by atoms with van der Waals surface area (Å²) in [6, 6.07) is 3.70. The maximum Gasteiger partial charge on any atom is 0.321 e. The van der Waals surface area contributed by atoms with E-state index in [0.29, 0.717) is 11.7 Å². The van der Waals surface area contributed by atoms with E-state index >= 15 is 0 Å². The molecule has 2 rings (SSSR count). The van der Waals surface area contributed by atoms with E-state index in [2.05, 4.69) is 27.8 Å². The van der Waals surface area contributed by atoms with E-state index < -0.39 is 0 Å². The number of anilines is 1. The molecular weight excluding hydrogens is 280 g/mol. The van der Waals surface area contributed by atoms with E-state index in [1.807, 2.05) is 17.5 Å². The van der Waals surface area contributed by atoms with Gasteiger partial charge in [-0.25, -0.2) is 4.79 Å². The monoisotopic (exact) mass is 296 g/mol. The van der Waals surface area contributed by atoms with E-state index in [4.69, 9.17) is 0 Å². The number of unbranched alkanes of at least 4 members (excludes halogenated alkanes) is 1. The van der Waals surface area contributed by atoms with Crippen molar-refractivity contribution < 1.29 is 4.79 Å². The Bertz CT molecular complexity index is 510. The lowest BCUT2D eigenvalue weighted by atomic mass is 10.3. The van der Waals surface area contributed by atoms with E-state index in [1.165, 1.54) is 11.3 Å². The highest BCUT2D eigenvalue weighted by molar-refractivity contribution is 7.15. The summed E-state index contributed by atoms with van der Waals surface area (Å²) in [5.41, 5.74) is 0. The summed E-state index contributed by atoms with van der Waals surface area (Å²) < 4.78 is 0. The van der Waals surface area contributed by atoms with Crippen molar-refractivity contribution in [2.45, 2.75) is 32.7 Å². The fourth-order valence-corrected chi connectivity index (χ4v) is 2.88. The molecule has 0 aromatic carbocycles. The van der Waals surface area contributed by atoms with E-state index in [-0.39, 0.29) is 6.03 Å². The lowest BCUT2D eigenvalue weighted by molar-refractivity contribution is 0.252. The molecule has 0 atom stereocenters. The molecule has 0 aliphatic rings. The highest BCUT2D eigenvalue weighted by Crippen LogP contribution is 2.17. The van der Waals surface area contributed by atoms with Gasteiger partial charge >= 0.3 is 6.03 Å². The van der Waals surface area contributed by atoms with Gasteiger partial charge in [0.05, 0.1) is 6.54 Å². The number of thiophene rings is 1. The van der Waals surface area contributed by atoms with Crippen LogP contribution in [0.25, 0.3) is 0 Å². The normalized spacial score (nSPS) is 10.4. The van der Waals surface area contributed by atoms with Gasteiger partial charge in [0.1, 0.15) is 5.01 Å². The molecule has 0 aliphatic heterocycles. The van der Waals surface area contributed by atoms with Gasteiger partial charge in [-0.3, -0.25) is 5.32 Å². The second kappa shape index (κ2) is 7.20. The molecule has 0 saturated heterocycles. The van der Waals surface area contributed by atoms with Gasteiger partial charge in [-0.2, -0.15) is 0 Å². The lowest BCUT2D eigenvalue weighted by Crippen LogP contribution is -2.27. The molecule has 19 heavy (non-hydrogen) atoms. The van der Waals surface area contributed by atoms with Crippen molar-refractivity contribution in [3.63, 3.8) is 0 Å². The third-order valence-corrected chi connectivity index (χ3v) is 4.21. The highest BCUT2D eigenvalue weighted by Gasteiger charge is 2.07. The van der Waals surface area contributed by atoms with Crippen LogP contribution in [0.15, 0.2) is 17.5 Å². The number of rotatable bonds is 6. The summed E-state index contributed by atoms with van der Waals surface area (Å²) in [7, 11) is 0. The molecule has 0 fully saturated rings. The van der Waals surface area contributed by atoms with Crippen molar-refractivity contribution in [3.8, 4) is 0 Å². The maximum atomic E-state index is 11.7. The molecule has 7 heteroatoms. The predicted molar refractivity (Wildman–Crippen MR) is 78.7 cm³/mol. The number of aromatic nitrogens is 2. The van der Waals surface area contributed by atoms with E-state index in [0.717, 1.165) is 29.1 Å². The molecule has 0 unspecified atom stereocenters. The smallest absolute Gasteiger partial charge is 0.321 e. The quantitative estimate of drug-likeness (QED) is 0.859. The number of carbonyl (C=O) groups excluding carboxylic acids is 1. The first-order valence-corrected chi connectivity index (χ1v) is 7.87. The molecule has 0 aliphatic carbocycles. The fourth-order valence-electron chi connectivity index (χ4n) is 1.46. The van der Waals surface area contributed by atoms with Crippen molar-refractivity contribution >= 4 is 33.8 Å². The molecule has 0 spiro atoms. The Morgan fingerprint density at radius 1 is 1.42 bits per heavy atom. The molecular formula is C12H16N4OS2. The van der Waals surface area contributed by atoms with Gasteiger partial charge in [0.2, 0.25) is 5.13 Å². The Hall–Kier alpha value is -1.47. The summed E-state index contributed by atoms with van der Waals surface area (Å²) in [5, 5.41) is 17.0. The van der Waals surface area contributed by atoms with Gasteiger partial charge in [0.25, 0.3) is 0 Å². The van der Waals surface area contributed by atoms with Crippen molar-refractivity contribution in [3.05, 3.63) is 27.4 Å². The Labute approximate surface area is 120 Å². The van der Waals surface area contributed by atoms with Gasteiger partial charge in [0, 0.05) is 11.3 Å². The molecule has 2 aromatic rings. The Morgan fingerprint density at radius 3 is 3.05 bits per heavy atom. The second-order valence-corrected chi connectivity index (χ2v) is 6.09. The van der Waals surface area contributed by atoms with Crippen LogP contribution >= 0.6 is 22.7 Å². The van der Waals surface area contributed by atoms with Crippen LogP contribution in [0.1, 0.15) is 29.7 Å². The Kier molecular flexibility index (Phi) is 5.29. The van der Waals surface area contributed by atoms with Gasteiger partial charge in [-0.15, -0.1) is 21.5 Å². The minimum atomic E-state index is -0.244. The van der Waals surface area contributed by atoms with E-state index in [9.17, 15) is 4.79 Å². The lowest BCUT2D eigenvalue weighted by Gasteiger charge is -2.02. The Morgan fingerprint density at radius 2 is 2.32 bits per heavy atom. The van der Waals surface area contributed by atoms with Crippen molar-refractivity contribution in [1.82, 2.24) is 15.5 Å². The predicted octanol–water partition coefficient (Wildman–Crippen LogP) is 3.26. The van der Waals surface area contributed by atoms with Crippen LogP contribution < -0.4 is 10.6 Å². The first-order valence-electron chi connectivity index (χ1n) is 6.17. The summed E-state index contributed by atoms with van der Waals surface area (Å²) in [4.78, 5) is 12.8. The number of nitrogens with one attached hydrogen (secondary N) is 2. The van der Waals surface area contributed by atoms with E-state index in [1.54, 1.807) is 11.3 Å². The maximum absolute atomic E-state index is 11.7. The number of aryl methyl sites for hydroxylation is 1. The van der Waals surface area contributed by atoms with Crippen LogP contribution in [0, 0.1) is 0 Å². The van der Waals surface area contributed by atoms with Gasteiger partial charge < -0.3 is 5.32 Å². The number of nitrogens with zero attached hydrogens (tertiary/aromatic N) is 2. The third kappa shape index (κ3) is 4.60. The Balaban J connectivity index is 1.76. The summed E-state index contributed by atoms with van der Waals surface area (Å²) in [6.45, 7) is 2.67. The first-order chi connectivity index (χ1) is 9.28. The summed E-state index contributed by atoms with van der Waals surface area (Å²) in [5.74, 6) is 0. The van der Waals surface area contributed by atoms with Crippen molar-refractivity contribution in [1.29, 1.82) is 0 Å².